The van der Waals surface area contributed by atoms with Crippen LogP contribution in [0.2, 0.25) is 0 Å². The van der Waals surface area contributed by atoms with Gasteiger partial charge < -0.3 is 5.32 Å². The molecule has 160 valence electrons. The molecular formula is C20H19N5O4S2. The molecule has 0 aliphatic rings. The number of nitrogens with zero attached hydrogens (tertiary/aromatic N) is 3. The smallest absolute Gasteiger partial charge is 0.247 e. The van der Waals surface area contributed by atoms with Gasteiger partial charge in [0.15, 0.2) is 15.5 Å². The van der Waals surface area contributed by atoms with Gasteiger partial charge in [0.25, 0.3) is 0 Å². The van der Waals surface area contributed by atoms with Crippen molar-refractivity contribution < 1.29 is 16.8 Å². The lowest BCUT2D eigenvalue weighted by molar-refractivity contribution is 0.588. The van der Waals surface area contributed by atoms with Crippen molar-refractivity contribution in [2.75, 3.05) is 18.6 Å². The molecule has 2 aromatic carbocycles. The van der Waals surface area contributed by atoms with Gasteiger partial charge in [-0.15, -0.1) is 5.10 Å². The van der Waals surface area contributed by atoms with E-state index in [2.05, 4.69) is 20.1 Å². The predicted octanol–water partition coefficient (Wildman–Crippen LogP) is 2.45. The number of benzene rings is 2. The summed E-state index contributed by atoms with van der Waals surface area (Å²) in [7, 11) is -5.51. The average molecular weight is 458 g/mol. The van der Waals surface area contributed by atoms with E-state index in [-0.39, 0.29) is 9.79 Å². The molecule has 2 N–H and O–H groups in total. The van der Waals surface area contributed by atoms with E-state index in [4.69, 9.17) is 0 Å². The first-order valence-corrected chi connectivity index (χ1v) is 12.5. The maximum absolute atomic E-state index is 11.9. The second-order valence-corrected chi connectivity index (χ2v) is 10.7. The summed E-state index contributed by atoms with van der Waals surface area (Å²) in [6, 6.07) is 18.2. The molecule has 2 heterocycles. The maximum Gasteiger partial charge on any atom is 0.247 e. The fourth-order valence-electron chi connectivity index (χ4n) is 3.03. The van der Waals surface area contributed by atoms with Crippen LogP contribution in [0, 0.1) is 0 Å². The average Bonchev–Trinajstić information content (AvgIpc) is 3.16. The Morgan fingerprint density at radius 1 is 0.871 bits per heavy atom. The zero-order valence-electron chi connectivity index (χ0n) is 16.6. The number of fused-ring (bicyclic) bond motifs is 1. The number of sulfonamides is 1. The third-order valence-electron chi connectivity index (χ3n) is 4.61. The predicted molar refractivity (Wildman–Crippen MR) is 118 cm³/mol. The van der Waals surface area contributed by atoms with Crippen molar-refractivity contribution in [3.8, 4) is 11.3 Å². The number of aromatic nitrogens is 3. The highest BCUT2D eigenvalue weighted by Gasteiger charge is 2.14. The minimum atomic E-state index is -3.51. The van der Waals surface area contributed by atoms with Crippen LogP contribution in [0.25, 0.3) is 16.9 Å². The van der Waals surface area contributed by atoms with Gasteiger partial charge in [-0.1, -0.05) is 18.2 Å². The Hall–Kier alpha value is -3.28. The molecule has 4 aromatic rings. The minimum Gasteiger partial charge on any atom is -0.323 e. The molecule has 0 unspecified atom stereocenters. The minimum absolute atomic E-state index is 0.150. The monoisotopic (exact) mass is 457 g/mol. The summed E-state index contributed by atoms with van der Waals surface area (Å²) < 4.78 is 51.4. The first-order valence-electron chi connectivity index (χ1n) is 9.14. The Bertz CT molecular complexity index is 1480. The van der Waals surface area contributed by atoms with Gasteiger partial charge in [-0.3, -0.25) is 0 Å². The van der Waals surface area contributed by atoms with E-state index in [0.717, 1.165) is 6.26 Å². The van der Waals surface area contributed by atoms with E-state index < -0.39 is 19.9 Å². The number of hydrogen-bond donors (Lipinski definition) is 2. The molecule has 0 bridgehead atoms. The van der Waals surface area contributed by atoms with Crippen LogP contribution in [0.4, 0.5) is 11.6 Å². The SMILES string of the molecule is CNS(=O)(=O)c1ccc(Nc2nc3cccc(-c4cccc(S(C)(=O)=O)c4)n3n2)cc1. The standard InChI is InChI=1S/C20H19N5O4S2/c1-21-31(28,29)16-11-9-15(10-12-16)22-20-23-19-8-4-7-18(25(19)24-20)14-5-3-6-17(13-14)30(2,26)27/h3-13,21H,1-2H3,(H,22,24). The second-order valence-electron chi connectivity index (χ2n) is 6.77. The largest absolute Gasteiger partial charge is 0.323 e. The van der Waals surface area contributed by atoms with Crippen LogP contribution in [-0.2, 0) is 19.9 Å². The van der Waals surface area contributed by atoms with Crippen LogP contribution >= 0.6 is 0 Å². The van der Waals surface area contributed by atoms with Crippen LogP contribution in [0.1, 0.15) is 0 Å². The normalized spacial score (nSPS) is 12.2. The summed E-state index contributed by atoms with van der Waals surface area (Å²) in [5, 5.41) is 7.53. The molecule has 0 saturated carbocycles. The van der Waals surface area contributed by atoms with Gasteiger partial charge in [0.1, 0.15) is 0 Å². The first-order chi connectivity index (χ1) is 14.7. The van der Waals surface area contributed by atoms with E-state index in [1.807, 2.05) is 12.1 Å². The maximum atomic E-state index is 11.9. The lowest BCUT2D eigenvalue weighted by Crippen LogP contribution is -2.18. The highest BCUT2D eigenvalue weighted by molar-refractivity contribution is 7.90. The molecule has 0 radical (unpaired) electrons. The summed E-state index contributed by atoms with van der Waals surface area (Å²) in [6.07, 6.45) is 1.16. The number of nitrogens with one attached hydrogen (secondary N) is 2. The molecule has 4 rings (SSSR count). The molecule has 0 spiro atoms. The first kappa shape index (κ1) is 21.0. The molecular weight excluding hydrogens is 438 g/mol. The van der Waals surface area contributed by atoms with Crippen molar-refractivity contribution >= 4 is 37.1 Å². The van der Waals surface area contributed by atoms with Gasteiger partial charge in [-0.05, 0) is 55.6 Å². The molecule has 0 atom stereocenters. The number of hydrogen-bond acceptors (Lipinski definition) is 7. The lowest BCUT2D eigenvalue weighted by Gasteiger charge is -2.06. The Kier molecular flexibility index (Phi) is 5.25. The van der Waals surface area contributed by atoms with Crippen LogP contribution < -0.4 is 10.0 Å². The molecule has 11 heteroatoms. The van der Waals surface area contributed by atoms with Gasteiger partial charge in [0.05, 0.1) is 15.5 Å². The Morgan fingerprint density at radius 3 is 2.26 bits per heavy atom. The number of pyridine rings is 1. The summed E-state index contributed by atoms with van der Waals surface area (Å²) >= 11 is 0. The van der Waals surface area contributed by atoms with Crippen LogP contribution in [0.3, 0.4) is 0 Å². The number of anilines is 2. The van der Waals surface area contributed by atoms with Crippen molar-refractivity contribution in [1.82, 2.24) is 19.3 Å². The molecule has 0 aliphatic carbocycles. The van der Waals surface area contributed by atoms with Crippen LogP contribution in [0.15, 0.2) is 76.5 Å². The lowest BCUT2D eigenvalue weighted by atomic mass is 10.1. The Balaban J connectivity index is 1.69. The van der Waals surface area contributed by atoms with Crippen molar-refractivity contribution in [3.05, 3.63) is 66.7 Å². The van der Waals surface area contributed by atoms with E-state index in [0.29, 0.717) is 28.5 Å². The molecule has 0 fully saturated rings. The second kappa shape index (κ2) is 7.76. The summed E-state index contributed by atoms with van der Waals surface area (Å²) in [6.45, 7) is 0. The van der Waals surface area contributed by atoms with Crippen molar-refractivity contribution in [2.45, 2.75) is 9.79 Å². The summed E-state index contributed by atoms with van der Waals surface area (Å²) in [5.74, 6) is 0.316. The Labute approximate surface area is 179 Å². The molecule has 2 aromatic heterocycles. The zero-order valence-corrected chi connectivity index (χ0v) is 18.3. The third kappa shape index (κ3) is 4.29. The van der Waals surface area contributed by atoms with Crippen molar-refractivity contribution in [1.29, 1.82) is 0 Å². The molecule has 0 aliphatic heterocycles. The Morgan fingerprint density at radius 2 is 1.58 bits per heavy atom. The summed E-state index contributed by atoms with van der Waals surface area (Å²) in [5.41, 5.74) is 2.55. The van der Waals surface area contributed by atoms with Crippen LogP contribution in [-0.4, -0.2) is 44.7 Å². The number of rotatable bonds is 6. The molecule has 9 nitrogen and oxygen atoms in total. The quantitative estimate of drug-likeness (QED) is 0.456. The molecule has 31 heavy (non-hydrogen) atoms. The van der Waals surface area contributed by atoms with Crippen molar-refractivity contribution in [3.63, 3.8) is 0 Å². The van der Waals surface area contributed by atoms with E-state index in [1.54, 1.807) is 47.0 Å². The fourth-order valence-corrected chi connectivity index (χ4v) is 4.42. The van der Waals surface area contributed by atoms with Gasteiger partial charge in [-0.25, -0.2) is 26.1 Å². The van der Waals surface area contributed by atoms with E-state index >= 15 is 0 Å². The zero-order chi connectivity index (χ0) is 22.2. The van der Waals surface area contributed by atoms with Crippen LogP contribution in [0.5, 0.6) is 0 Å². The highest BCUT2D eigenvalue weighted by atomic mass is 32.2. The van der Waals surface area contributed by atoms with E-state index in [1.165, 1.54) is 19.2 Å². The topological polar surface area (TPSA) is 123 Å². The third-order valence-corrected chi connectivity index (χ3v) is 7.15. The summed E-state index contributed by atoms with van der Waals surface area (Å²) in [4.78, 5) is 4.81. The van der Waals surface area contributed by atoms with Gasteiger partial charge in [0, 0.05) is 17.5 Å². The van der Waals surface area contributed by atoms with Crippen molar-refractivity contribution in [2.24, 2.45) is 0 Å². The highest BCUT2D eigenvalue weighted by Crippen LogP contribution is 2.24. The van der Waals surface area contributed by atoms with Gasteiger partial charge in [-0.2, -0.15) is 4.98 Å². The number of sulfone groups is 1. The molecule has 0 amide bonds. The fraction of sp³-hybridized carbons (Fsp3) is 0.100. The van der Waals surface area contributed by atoms with E-state index in [9.17, 15) is 16.8 Å². The van der Waals surface area contributed by atoms with Gasteiger partial charge in [0.2, 0.25) is 16.0 Å². The molecule has 0 saturated heterocycles. The van der Waals surface area contributed by atoms with Gasteiger partial charge >= 0.3 is 0 Å².